The highest BCUT2D eigenvalue weighted by atomic mass is 16.5. The van der Waals surface area contributed by atoms with Crippen LogP contribution in [0.1, 0.15) is 279 Å². The Hall–Kier alpha value is -1.59. The standard InChI is InChI=1S/6C6H14.3C4H8O2/c6*1-3-5-6-4-2;3*1-3-6-4(2)5/h6*3-6H2,1-2H3;3*3H2,1-2H3. The maximum absolute atomic E-state index is 9.82. The van der Waals surface area contributed by atoms with Crippen molar-refractivity contribution in [2.24, 2.45) is 0 Å². The Morgan fingerprint density at radius 3 is 0.352 bits per heavy atom. The first-order valence-corrected chi connectivity index (χ1v) is 23.2. The monoisotopic (exact) mass is 781 g/mol. The molecule has 6 heteroatoms. The number of unbranched alkanes of at least 4 members (excludes halogenated alkanes) is 18. The second kappa shape index (κ2) is 93.3. The second-order valence-corrected chi connectivity index (χ2v) is 13.0. The number of ether oxygens (including phenoxy) is 3. The minimum Gasteiger partial charge on any atom is -0.466 e. The lowest BCUT2D eigenvalue weighted by molar-refractivity contribution is -0.141. The third kappa shape index (κ3) is 191. The van der Waals surface area contributed by atoms with E-state index in [9.17, 15) is 14.4 Å². The third-order valence-corrected chi connectivity index (χ3v) is 6.79. The maximum Gasteiger partial charge on any atom is 0.302 e. The molecule has 0 saturated heterocycles. The first-order valence-electron chi connectivity index (χ1n) is 23.2. The number of carbonyl (C=O) groups excluding carboxylic acids is 3. The SMILES string of the molecule is CCCCCC.CCCCCC.CCCCCC.CCCCCC.CCCCCC.CCCCCC.CCOC(C)=O.CCOC(C)=O.CCOC(C)=O. The zero-order valence-corrected chi connectivity index (χ0v) is 41.0. The zero-order valence-electron chi connectivity index (χ0n) is 41.0. The minimum absolute atomic E-state index is 0.211. The molecule has 0 radical (unpaired) electrons. The summed E-state index contributed by atoms with van der Waals surface area (Å²) in [5.74, 6) is -0.632. The number of hydrogen-bond acceptors (Lipinski definition) is 6. The van der Waals surface area contributed by atoms with Crippen molar-refractivity contribution in [2.75, 3.05) is 19.8 Å². The lowest BCUT2D eigenvalue weighted by Crippen LogP contribution is -1.95. The molecule has 0 aromatic rings. The van der Waals surface area contributed by atoms with Crippen molar-refractivity contribution in [3.63, 3.8) is 0 Å². The van der Waals surface area contributed by atoms with Crippen LogP contribution in [0.4, 0.5) is 0 Å². The molecule has 0 fully saturated rings. The van der Waals surface area contributed by atoms with E-state index in [4.69, 9.17) is 0 Å². The van der Waals surface area contributed by atoms with Crippen LogP contribution in [0.15, 0.2) is 0 Å². The van der Waals surface area contributed by atoms with Crippen LogP contribution >= 0.6 is 0 Å². The molecule has 0 heterocycles. The van der Waals surface area contributed by atoms with Gasteiger partial charge in [-0.2, -0.15) is 0 Å². The third-order valence-electron chi connectivity index (χ3n) is 6.79. The van der Waals surface area contributed by atoms with Crippen LogP contribution in [0.5, 0.6) is 0 Å². The van der Waals surface area contributed by atoms with Gasteiger partial charge < -0.3 is 14.2 Å². The molecule has 54 heavy (non-hydrogen) atoms. The summed E-state index contributed by atoms with van der Waals surface area (Å²) in [5.41, 5.74) is 0. The Morgan fingerprint density at radius 2 is 0.333 bits per heavy atom. The Kier molecular flexibility index (Phi) is 127. The summed E-state index contributed by atoms with van der Waals surface area (Å²) in [6.45, 7) is 37.7. The molecule has 0 rings (SSSR count). The first kappa shape index (κ1) is 73.5. The summed E-state index contributed by atoms with van der Waals surface area (Å²) in [6.07, 6.45) is 33.2. The van der Waals surface area contributed by atoms with E-state index in [2.05, 4.69) is 97.3 Å². The lowest BCUT2D eigenvalue weighted by atomic mass is 10.2. The van der Waals surface area contributed by atoms with Crippen LogP contribution in [-0.4, -0.2) is 37.7 Å². The largest absolute Gasteiger partial charge is 0.466 e. The Morgan fingerprint density at radius 1 is 0.241 bits per heavy atom. The van der Waals surface area contributed by atoms with Crippen molar-refractivity contribution in [1.82, 2.24) is 0 Å². The van der Waals surface area contributed by atoms with Crippen LogP contribution < -0.4 is 0 Å². The smallest absolute Gasteiger partial charge is 0.302 e. The van der Waals surface area contributed by atoms with Crippen molar-refractivity contribution in [3.05, 3.63) is 0 Å². The fourth-order valence-corrected chi connectivity index (χ4v) is 3.61. The van der Waals surface area contributed by atoms with E-state index >= 15 is 0 Å². The van der Waals surface area contributed by atoms with Gasteiger partial charge in [-0.05, 0) is 20.8 Å². The average molecular weight is 781 g/mol. The molecule has 0 aromatic carbocycles. The molecule has 0 aromatic heterocycles. The van der Waals surface area contributed by atoms with Crippen LogP contribution in [0.3, 0.4) is 0 Å². The van der Waals surface area contributed by atoms with E-state index in [0.717, 1.165) is 0 Å². The van der Waals surface area contributed by atoms with Gasteiger partial charge in [-0.3, -0.25) is 14.4 Å². The molecule has 0 atom stereocenters. The molecular weight excluding hydrogens is 673 g/mol. The number of carbonyl (C=O) groups is 3. The Balaban J connectivity index is -0.0000000603. The lowest BCUT2D eigenvalue weighted by Gasteiger charge is -1.89. The van der Waals surface area contributed by atoms with Crippen molar-refractivity contribution < 1.29 is 28.6 Å². The summed E-state index contributed by atoms with van der Waals surface area (Å²) in [7, 11) is 0. The highest BCUT2D eigenvalue weighted by molar-refractivity contribution is 5.66. The van der Waals surface area contributed by atoms with Gasteiger partial charge in [0.2, 0.25) is 0 Å². The zero-order chi connectivity index (χ0) is 43.9. The van der Waals surface area contributed by atoms with Crippen molar-refractivity contribution in [1.29, 1.82) is 0 Å². The van der Waals surface area contributed by atoms with Gasteiger partial charge in [0.1, 0.15) is 0 Å². The Labute approximate surface area is 344 Å². The first-order chi connectivity index (χ1) is 25.8. The molecule has 0 amide bonds. The molecule has 336 valence electrons. The normalized spacial score (nSPS) is 8.56. The van der Waals surface area contributed by atoms with Crippen molar-refractivity contribution in [2.45, 2.75) is 279 Å². The Bertz CT molecular complexity index is 427. The molecule has 0 bridgehead atoms. The van der Waals surface area contributed by atoms with Gasteiger partial charge in [0.05, 0.1) is 19.8 Å². The highest BCUT2D eigenvalue weighted by Crippen LogP contribution is 1.98. The van der Waals surface area contributed by atoms with E-state index in [1.807, 2.05) is 0 Å². The molecular formula is C48H108O6. The van der Waals surface area contributed by atoms with Gasteiger partial charge >= 0.3 is 17.9 Å². The predicted molar refractivity (Wildman–Crippen MR) is 246 cm³/mol. The fraction of sp³-hybridized carbons (Fsp3) is 0.938. The van der Waals surface area contributed by atoms with Gasteiger partial charge in [0.15, 0.2) is 0 Å². The molecule has 0 aliphatic rings. The molecule has 0 unspecified atom stereocenters. The van der Waals surface area contributed by atoms with Crippen LogP contribution in [0.2, 0.25) is 0 Å². The average Bonchev–Trinajstić information content (AvgIpc) is 3.14. The number of rotatable bonds is 21. The summed E-state index contributed by atoms with van der Waals surface area (Å²) in [5, 5.41) is 0. The minimum atomic E-state index is -0.211. The second-order valence-electron chi connectivity index (χ2n) is 13.0. The van der Waals surface area contributed by atoms with Gasteiger partial charge in [-0.25, -0.2) is 0 Å². The van der Waals surface area contributed by atoms with Crippen LogP contribution in [-0.2, 0) is 28.6 Å². The molecule has 0 N–H and O–H groups in total. The maximum atomic E-state index is 9.82. The molecule has 0 aliphatic carbocycles. The van der Waals surface area contributed by atoms with Crippen molar-refractivity contribution in [3.8, 4) is 0 Å². The van der Waals surface area contributed by atoms with Crippen molar-refractivity contribution >= 4 is 17.9 Å². The number of hydrogen-bond donors (Lipinski definition) is 0. The van der Waals surface area contributed by atoms with Crippen LogP contribution in [0, 0.1) is 0 Å². The van der Waals surface area contributed by atoms with E-state index in [1.54, 1.807) is 20.8 Å². The van der Waals surface area contributed by atoms with E-state index < -0.39 is 0 Å². The quantitative estimate of drug-likeness (QED) is 0.0656. The molecule has 0 saturated carbocycles. The van der Waals surface area contributed by atoms with Gasteiger partial charge in [-0.1, -0.05) is 237 Å². The summed E-state index contributed by atoms with van der Waals surface area (Å²) in [4.78, 5) is 29.5. The molecule has 0 spiro atoms. The van der Waals surface area contributed by atoms with Gasteiger partial charge in [0, 0.05) is 20.8 Å². The van der Waals surface area contributed by atoms with Gasteiger partial charge in [-0.15, -0.1) is 0 Å². The van der Waals surface area contributed by atoms with E-state index in [-0.39, 0.29) is 17.9 Å². The molecule has 0 aliphatic heterocycles. The topological polar surface area (TPSA) is 78.9 Å². The predicted octanol–water partition coefficient (Wildman–Crippen LogP) is 17.2. The highest BCUT2D eigenvalue weighted by Gasteiger charge is 1.83. The summed E-state index contributed by atoms with van der Waals surface area (Å²) in [6, 6.07) is 0. The fourth-order valence-electron chi connectivity index (χ4n) is 3.61. The number of esters is 3. The van der Waals surface area contributed by atoms with E-state index in [1.165, 1.54) is 175 Å². The summed E-state index contributed by atoms with van der Waals surface area (Å²) < 4.78 is 13.2. The van der Waals surface area contributed by atoms with Crippen LogP contribution in [0.25, 0.3) is 0 Å². The summed E-state index contributed by atoms with van der Waals surface area (Å²) >= 11 is 0. The molecule has 6 nitrogen and oxygen atoms in total. The van der Waals surface area contributed by atoms with E-state index in [0.29, 0.717) is 19.8 Å². The van der Waals surface area contributed by atoms with Gasteiger partial charge in [0.25, 0.3) is 0 Å².